The molecule has 2 unspecified atom stereocenters. The Morgan fingerprint density at radius 3 is 1.67 bits per heavy atom. The zero-order valence-corrected chi connectivity index (χ0v) is 25.9. The Labute approximate surface area is 239 Å². The Morgan fingerprint density at radius 1 is 0.833 bits per heavy atom. The van der Waals surface area contributed by atoms with Gasteiger partial charge in [-0.05, 0) is 74.6 Å². The summed E-state index contributed by atoms with van der Waals surface area (Å²) in [7, 11) is 0. The molecule has 8 heteroatoms. The van der Waals surface area contributed by atoms with E-state index < -0.39 is 0 Å². The fraction of sp³-hybridized carbons (Fsp3) is 0.321. The Bertz CT molecular complexity index is 994. The van der Waals surface area contributed by atoms with Gasteiger partial charge in [0.15, 0.2) is 5.11 Å². The van der Waals surface area contributed by atoms with E-state index in [1.54, 1.807) is 22.5 Å². The van der Waals surface area contributed by atoms with Crippen LogP contribution in [0.1, 0.15) is 48.1 Å². The molecule has 0 heterocycles. The molecule has 4 N–H and O–H groups in total. The van der Waals surface area contributed by atoms with Crippen LogP contribution in [0.15, 0.2) is 72.8 Å². The minimum absolute atomic E-state index is 0.145. The molecule has 36 heavy (non-hydrogen) atoms. The molecule has 0 aliphatic heterocycles. The van der Waals surface area contributed by atoms with Crippen LogP contribution < -0.4 is 25.8 Å². The Hall–Kier alpha value is -1.94. The van der Waals surface area contributed by atoms with Crippen molar-refractivity contribution in [1.82, 2.24) is 0 Å². The van der Waals surface area contributed by atoms with Crippen LogP contribution in [0, 0.1) is 0 Å². The average molecular weight is 629 g/mol. The molecule has 5 nitrogen and oxygen atoms in total. The van der Waals surface area contributed by atoms with Crippen molar-refractivity contribution < 1.29 is 9.47 Å². The molecule has 0 saturated heterocycles. The predicted molar refractivity (Wildman–Crippen MR) is 161 cm³/mol. The van der Waals surface area contributed by atoms with Crippen LogP contribution in [0.2, 0.25) is 0 Å². The summed E-state index contributed by atoms with van der Waals surface area (Å²) in [6.07, 6.45) is 0. The number of benzene rings is 3. The van der Waals surface area contributed by atoms with Crippen molar-refractivity contribution in [2.75, 3.05) is 29.6 Å². The predicted octanol–water partition coefficient (Wildman–Crippen LogP) is 6.92. The molecule has 3 aromatic rings. The van der Waals surface area contributed by atoms with Crippen LogP contribution in [-0.2, 0) is 0 Å². The van der Waals surface area contributed by atoms with Gasteiger partial charge in [0, 0.05) is 11.4 Å². The van der Waals surface area contributed by atoms with Gasteiger partial charge in [0.2, 0.25) is 0 Å². The number of hydrogen-bond donors (Lipinski definition) is 3. The molecular formula is C28H36N3O2S2Sn. The van der Waals surface area contributed by atoms with E-state index in [-0.39, 0.29) is 6.04 Å². The summed E-state index contributed by atoms with van der Waals surface area (Å²) < 4.78 is 11.4. The van der Waals surface area contributed by atoms with Crippen molar-refractivity contribution in [2.45, 2.75) is 37.0 Å². The number of rotatable bonds is 10. The third-order valence-corrected chi connectivity index (χ3v) is 8.39. The van der Waals surface area contributed by atoms with E-state index >= 15 is 0 Å². The zero-order valence-electron chi connectivity index (χ0n) is 21.4. The van der Waals surface area contributed by atoms with Gasteiger partial charge in [-0.3, -0.25) is 0 Å². The fourth-order valence-electron chi connectivity index (χ4n) is 3.32. The first-order valence-electron chi connectivity index (χ1n) is 12.1. The van der Waals surface area contributed by atoms with E-state index in [1.165, 1.54) is 16.9 Å². The van der Waals surface area contributed by atoms with Crippen molar-refractivity contribution in [1.29, 1.82) is 0 Å². The molecule has 0 aliphatic rings. The van der Waals surface area contributed by atoms with E-state index in [4.69, 9.17) is 27.4 Å². The quantitative estimate of drug-likeness (QED) is 0.166. The summed E-state index contributed by atoms with van der Waals surface area (Å²) in [5.41, 5.74) is 10.5. The van der Waals surface area contributed by atoms with Crippen molar-refractivity contribution in [2.24, 2.45) is 5.73 Å². The standard InChI is InChI=1S/C17H20N2O2S.C11H16NS.Sn/c1-3-20-15-9-5-13(6-10-15)18-17(22)19-14-7-11-16(12-8-14)21-4-2;1-3-13-8-10-6-4-5-7-11(10)9(2)12;/h5-12H,3-4H2,1-2H3,(H2,18,19,22);4-9H,3,12H2,1-2H3;. The number of thioether (sulfide) groups is 1. The van der Waals surface area contributed by atoms with Crippen molar-refractivity contribution >= 4 is 63.0 Å². The van der Waals surface area contributed by atoms with E-state index in [9.17, 15) is 0 Å². The molecule has 0 aromatic heterocycles. The van der Waals surface area contributed by atoms with Crippen molar-refractivity contribution in [3.63, 3.8) is 0 Å². The third-order valence-electron chi connectivity index (χ3n) is 4.95. The van der Waals surface area contributed by atoms with Gasteiger partial charge < -0.3 is 20.1 Å². The normalized spacial score (nSPS) is 11.9. The van der Waals surface area contributed by atoms with Gasteiger partial charge in [0.1, 0.15) is 11.5 Å². The van der Waals surface area contributed by atoms with Gasteiger partial charge in [-0.1, -0.05) is 0 Å². The summed E-state index contributed by atoms with van der Waals surface area (Å²) in [6.45, 7) is 9.49. The third kappa shape index (κ3) is 10.6. The Morgan fingerprint density at radius 2 is 1.28 bits per heavy atom. The molecule has 3 radical (unpaired) electrons. The second-order valence-electron chi connectivity index (χ2n) is 7.75. The molecule has 0 aliphatic carbocycles. The molecule has 0 spiro atoms. The molecule has 0 fully saturated rings. The van der Waals surface area contributed by atoms with Crippen LogP contribution in [0.5, 0.6) is 11.5 Å². The number of anilines is 2. The maximum atomic E-state index is 5.95. The summed E-state index contributed by atoms with van der Waals surface area (Å²) >= 11 is 8.86. The molecule has 3 rings (SSSR count). The number of nitrogens with one attached hydrogen (secondary N) is 2. The monoisotopic (exact) mass is 630 g/mol. The van der Waals surface area contributed by atoms with Gasteiger partial charge in [0.05, 0.1) is 13.2 Å². The summed E-state index contributed by atoms with van der Waals surface area (Å²) in [4.78, 5) is 0. The van der Waals surface area contributed by atoms with Crippen molar-refractivity contribution in [3.8, 4) is 11.5 Å². The molecular weight excluding hydrogens is 593 g/mol. The van der Waals surface area contributed by atoms with Gasteiger partial charge >= 0.3 is 104 Å². The first kappa shape index (κ1) is 30.3. The number of thiocarbonyl (C=S) groups is 1. The molecule has 191 valence electrons. The van der Waals surface area contributed by atoms with Gasteiger partial charge in [0.25, 0.3) is 0 Å². The molecule has 0 amide bonds. The van der Waals surface area contributed by atoms with Gasteiger partial charge in [-0.25, -0.2) is 0 Å². The van der Waals surface area contributed by atoms with E-state index in [0.29, 0.717) is 21.6 Å². The zero-order chi connectivity index (χ0) is 26.3. The molecule has 3 aromatic carbocycles. The maximum absolute atomic E-state index is 5.95. The van der Waals surface area contributed by atoms with Crippen LogP contribution in [0.25, 0.3) is 0 Å². The molecule has 0 bridgehead atoms. The Kier molecular flexibility index (Phi) is 14.1. The van der Waals surface area contributed by atoms with E-state index in [1.807, 2.05) is 74.1 Å². The first-order valence-corrected chi connectivity index (χ1v) is 15.2. The Balaban J connectivity index is 0.000000281. The summed E-state index contributed by atoms with van der Waals surface area (Å²) in [5.74, 6) is 2.86. The van der Waals surface area contributed by atoms with Crippen molar-refractivity contribution in [3.05, 3.63) is 83.9 Å². The van der Waals surface area contributed by atoms with Crippen LogP contribution in [0.3, 0.4) is 0 Å². The molecule has 2 atom stereocenters. The van der Waals surface area contributed by atoms with Gasteiger partial charge in [-0.2, -0.15) is 0 Å². The average Bonchev–Trinajstić information content (AvgIpc) is 2.87. The minimum atomic E-state index is 0.145. The van der Waals surface area contributed by atoms with Crippen LogP contribution in [0.4, 0.5) is 11.4 Å². The second-order valence-corrected chi connectivity index (χ2v) is 12.4. The van der Waals surface area contributed by atoms with Crippen LogP contribution >= 0.6 is 24.0 Å². The summed E-state index contributed by atoms with van der Waals surface area (Å²) in [6, 6.07) is 24.0. The first-order chi connectivity index (χ1) is 17.4. The second kappa shape index (κ2) is 16.7. The topological polar surface area (TPSA) is 68.5 Å². The SMILES string of the molecule is CCOc1ccc(NC(=S)Nc2ccc(OCC)cc2)cc1.CCS[CH]([Sn])c1ccccc1C(C)N. The van der Waals surface area contributed by atoms with E-state index in [0.717, 1.165) is 22.9 Å². The van der Waals surface area contributed by atoms with Gasteiger partial charge in [-0.15, -0.1) is 0 Å². The molecule has 0 saturated carbocycles. The number of nitrogens with two attached hydrogens (primary N) is 1. The van der Waals surface area contributed by atoms with Crippen LogP contribution in [-0.4, -0.2) is 46.6 Å². The number of hydrogen-bond acceptors (Lipinski definition) is 5. The summed E-state index contributed by atoms with van der Waals surface area (Å²) in [5, 5.41) is 6.80. The fourth-order valence-corrected chi connectivity index (χ4v) is 6.46. The number of ether oxygens (including phenoxy) is 2. The van der Waals surface area contributed by atoms with E-state index in [2.05, 4.69) is 48.7 Å².